The smallest absolute Gasteiger partial charge is 0.119 e. The molecule has 1 aromatic carbocycles. The van der Waals surface area contributed by atoms with Gasteiger partial charge in [0.15, 0.2) is 0 Å². The molecule has 2 rings (SSSR count). The first-order valence-electron chi connectivity index (χ1n) is 6.12. The molecule has 0 aliphatic rings. The van der Waals surface area contributed by atoms with Crippen molar-refractivity contribution in [3.8, 4) is 5.75 Å². The number of rotatable bonds is 6. The maximum atomic E-state index is 5.60. The Morgan fingerprint density at radius 1 is 1.21 bits per heavy atom. The third kappa shape index (κ3) is 3.81. The van der Waals surface area contributed by atoms with Crippen molar-refractivity contribution in [1.29, 1.82) is 0 Å². The van der Waals surface area contributed by atoms with Crippen molar-refractivity contribution in [3.63, 3.8) is 0 Å². The lowest BCUT2D eigenvalue weighted by molar-refractivity contribution is 0.0847. The van der Waals surface area contributed by atoms with Crippen LogP contribution in [0.1, 0.15) is 11.4 Å². The quantitative estimate of drug-likeness (QED) is 0.766. The summed E-state index contributed by atoms with van der Waals surface area (Å²) in [5.41, 5.74) is 2.01. The standard InChI is InChI=1S/C14H17BrN2O2/c1-11-14(15)13(17(2)16-11)10-18-8-9-19-12-6-4-3-5-7-12/h3-7H,8-10H2,1-2H3. The van der Waals surface area contributed by atoms with E-state index < -0.39 is 0 Å². The van der Waals surface area contributed by atoms with E-state index in [0.717, 1.165) is 21.6 Å². The fourth-order valence-corrected chi connectivity index (χ4v) is 2.19. The summed E-state index contributed by atoms with van der Waals surface area (Å²) in [6.07, 6.45) is 0. The first-order valence-corrected chi connectivity index (χ1v) is 6.91. The second kappa shape index (κ2) is 6.73. The van der Waals surface area contributed by atoms with Gasteiger partial charge in [-0.25, -0.2) is 0 Å². The Bertz CT molecular complexity index is 526. The van der Waals surface area contributed by atoms with Gasteiger partial charge in [0.2, 0.25) is 0 Å². The van der Waals surface area contributed by atoms with Gasteiger partial charge in [0.05, 0.1) is 29.1 Å². The summed E-state index contributed by atoms with van der Waals surface area (Å²) >= 11 is 3.51. The summed E-state index contributed by atoms with van der Waals surface area (Å²) in [7, 11) is 1.91. The molecule has 0 spiro atoms. The predicted molar refractivity (Wildman–Crippen MR) is 77.2 cm³/mol. The van der Waals surface area contributed by atoms with Crippen LogP contribution in [0, 0.1) is 6.92 Å². The Kier molecular flexibility index (Phi) is 4.99. The van der Waals surface area contributed by atoms with E-state index >= 15 is 0 Å². The van der Waals surface area contributed by atoms with E-state index in [1.807, 2.05) is 49.0 Å². The molecule has 0 aliphatic heterocycles. The van der Waals surface area contributed by atoms with E-state index in [0.29, 0.717) is 19.8 Å². The summed E-state index contributed by atoms with van der Waals surface area (Å²) in [5.74, 6) is 0.864. The molecule has 0 N–H and O–H groups in total. The minimum Gasteiger partial charge on any atom is -0.491 e. The molecule has 0 aliphatic carbocycles. The van der Waals surface area contributed by atoms with E-state index in [4.69, 9.17) is 9.47 Å². The highest BCUT2D eigenvalue weighted by Gasteiger charge is 2.10. The van der Waals surface area contributed by atoms with Crippen molar-refractivity contribution >= 4 is 15.9 Å². The summed E-state index contributed by atoms with van der Waals surface area (Å²) in [6.45, 7) is 3.58. The Balaban J connectivity index is 1.72. The van der Waals surface area contributed by atoms with Gasteiger partial charge in [-0.15, -0.1) is 0 Å². The van der Waals surface area contributed by atoms with Crippen molar-refractivity contribution < 1.29 is 9.47 Å². The average Bonchev–Trinajstić information content (AvgIpc) is 2.65. The maximum absolute atomic E-state index is 5.60. The zero-order valence-electron chi connectivity index (χ0n) is 11.1. The van der Waals surface area contributed by atoms with Gasteiger partial charge in [-0.2, -0.15) is 5.10 Å². The number of hydrogen-bond donors (Lipinski definition) is 0. The molecule has 0 saturated heterocycles. The van der Waals surface area contributed by atoms with Crippen molar-refractivity contribution in [2.24, 2.45) is 7.05 Å². The summed E-state index contributed by atoms with van der Waals surface area (Å²) in [4.78, 5) is 0. The van der Waals surface area contributed by atoms with Crippen LogP contribution < -0.4 is 4.74 Å². The van der Waals surface area contributed by atoms with Crippen molar-refractivity contribution in [3.05, 3.63) is 46.2 Å². The number of para-hydroxylation sites is 1. The highest BCUT2D eigenvalue weighted by atomic mass is 79.9. The topological polar surface area (TPSA) is 36.3 Å². The van der Waals surface area contributed by atoms with Gasteiger partial charge in [0, 0.05) is 7.05 Å². The average molecular weight is 325 g/mol. The van der Waals surface area contributed by atoms with E-state index in [1.165, 1.54) is 0 Å². The molecule has 0 atom stereocenters. The van der Waals surface area contributed by atoms with E-state index in [-0.39, 0.29) is 0 Å². The molecule has 0 unspecified atom stereocenters. The Morgan fingerprint density at radius 3 is 2.58 bits per heavy atom. The number of halogens is 1. The van der Waals surface area contributed by atoms with Crippen LogP contribution in [0.2, 0.25) is 0 Å². The fourth-order valence-electron chi connectivity index (χ4n) is 1.74. The number of aromatic nitrogens is 2. The van der Waals surface area contributed by atoms with Crippen molar-refractivity contribution in [2.45, 2.75) is 13.5 Å². The van der Waals surface area contributed by atoms with Gasteiger partial charge in [0.1, 0.15) is 12.4 Å². The van der Waals surface area contributed by atoms with E-state index in [9.17, 15) is 0 Å². The molecule has 0 bridgehead atoms. The molecular formula is C14H17BrN2O2. The molecule has 0 radical (unpaired) electrons. The highest BCUT2D eigenvalue weighted by Crippen LogP contribution is 2.20. The van der Waals surface area contributed by atoms with Gasteiger partial charge in [-0.05, 0) is 35.0 Å². The lowest BCUT2D eigenvalue weighted by Crippen LogP contribution is -2.08. The maximum Gasteiger partial charge on any atom is 0.119 e. The minimum atomic E-state index is 0.524. The van der Waals surface area contributed by atoms with Crippen molar-refractivity contribution in [2.75, 3.05) is 13.2 Å². The lowest BCUT2D eigenvalue weighted by Gasteiger charge is -2.07. The SMILES string of the molecule is Cc1nn(C)c(COCCOc2ccccc2)c1Br. The molecule has 1 heterocycles. The van der Waals surface area contributed by atoms with Gasteiger partial charge in [0.25, 0.3) is 0 Å². The number of benzene rings is 1. The third-order valence-corrected chi connectivity index (χ3v) is 3.77. The second-order valence-corrected chi connectivity index (χ2v) is 4.98. The van der Waals surface area contributed by atoms with Crippen LogP contribution >= 0.6 is 15.9 Å². The summed E-state index contributed by atoms with van der Waals surface area (Å²) in [6, 6.07) is 9.73. The van der Waals surface area contributed by atoms with Gasteiger partial charge in [-0.1, -0.05) is 18.2 Å². The number of aryl methyl sites for hydroxylation is 2. The monoisotopic (exact) mass is 324 g/mol. The van der Waals surface area contributed by atoms with Crippen LogP contribution in [0.4, 0.5) is 0 Å². The zero-order valence-corrected chi connectivity index (χ0v) is 12.7. The van der Waals surface area contributed by atoms with E-state index in [1.54, 1.807) is 0 Å². The second-order valence-electron chi connectivity index (χ2n) is 4.18. The molecule has 0 fully saturated rings. The van der Waals surface area contributed by atoms with Crippen LogP contribution in [0.25, 0.3) is 0 Å². The number of nitrogens with zero attached hydrogens (tertiary/aromatic N) is 2. The predicted octanol–water partition coefficient (Wildman–Crippen LogP) is 3.09. The molecule has 19 heavy (non-hydrogen) atoms. The number of ether oxygens (including phenoxy) is 2. The van der Waals surface area contributed by atoms with Gasteiger partial charge in [-0.3, -0.25) is 4.68 Å². The largest absolute Gasteiger partial charge is 0.491 e. The molecule has 4 nitrogen and oxygen atoms in total. The summed E-state index contributed by atoms with van der Waals surface area (Å²) < 4.78 is 14.0. The van der Waals surface area contributed by atoms with Crippen LogP contribution in [0.15, 0.2) is 34.8 Å². The van der Waals surface area contributed by atoms with E-state index in [2.05, 4.69) is 21.0 Å². The zero-order chi connectivity index (χ0) is 13.7. The molecular weight excluding hydrogens is 308 g/mol. The van der Waals surface area contributed by atoms with Crippen LogP contribution in [0.5, 0.6) is 5.75 Å². The molecule has 5 heteroatoms. The summed E-state index contributed by atoms with van der Waals surface area (Å²) in [5, 5.41) is 4.32. The first-order chi connectivity index (χ1) is 9.18. The highest BCUT2D eigenvalue weighted by molar-refractivity contribution is 9.10. The van der Waals surface area contributed by atoms with Crippen LogP contribution in [-0.4, -0.2) is 23.0 Å². The van der Waals surface area contributed by atoms with Gasteiger partial charge >= 0.3 is 0 Å². The third-order valence-electron chi connectivity index (χ3n) is 2.74. The molecule has 0 saturated carbocycles. The molecule has 2 aromatic rings. The minimum absolute atomic E-state index is 0.524. The molecule has 102 valence electrons. The molecule has 0 amide bonds. The Hall–Kier alpha value is -1.33. The number of hydrogen-bond acceptors (Lipinski definition) is 3. The van der Waals surface area contributed by atoms with Crippen molar-refractivity contribution in [1.82, 2.24) is 9.78 Å². The normalized spacial score (nSPS) is 10.7. The van der Waals surface area contributed by atoms with Crippen LogP contribution in [0.3, 0.4) is 0 Å². The first kappa shape index (κ1) is 14.1. The van der Waals surface area contributed by atoms with Gasteiger partial charge < -0.3 is 9.47 Å². The molecule has 1 aromatic heterocycles. The fraction of sp³-hybridized carbons (Fsp3) is 0.357. The Morgan fingerprint density at radius 2 is 1.95 bits per heavy atom. The Labute approximate surface area is 121 Å². The van der Waals surface area contributed by atoms with Crippen LogP contribution in [-0.2, 0) is 18.4 Å². The lowest BCUT2D eigenvalue weighted by atomic mass is 10.3.